The van der Waals surface area contributed by atoms with Gasteiger partial charge in [-0.15, -0.1) is 0 Å². The Labute approximate surface area is 121 Å². The smallest absolute Gasteiger partial charge is 0.287 e. The second-order valence-electron chi connectivity index (χ2n) is 5.43. The number of aromatic nitrogens is 2. The quantitative estimate of drug-likeness (QED) is 0.696. The van der Waals surface area contributed by atoms with E-state index in [0.717, 1.165) is 16.9 Å². The Balaban J connectivity index is 2.37. The van der Waals surface area contributed by atoms with Crippen LogP contribution in [0.2, 0.25) is 0 Å². The molecule has 0 spiro atoms. The number of halogens is 1. The Morgan fingerprint density at radius 2 is 2.16 bits per heavy atom. The van der Waals surface area contributed by atoms with Gasteiger partial charge in [0.05, 0.1) is 11.0 Å². The fourth-order valence-corrected chi connectivity index (χ4v) is 2.27. The standard InChI is InChI=1S/C14H18BrN3O/c1-9-17-11-7-10(5-6-12(11)18(9)4)14(2,3)8-16-13(15)19/h5-7H,8H2,1-4H3,(H,16,19). The van der Waals surface area contributed by atoms with Crippen molar-refractivity contribution in [3.63, 3.8) is 0 Å². The number of hydrogen-bond acceptors (Lipinski definition) is 2. The van der Waals surface area contributed by atoms with E-state index in [-0.39, 0.29) is 10.2 Å². The van der Waals surface area contributed by atoms with E-state index in [1.807, 2.05) is 14.0 Å². The third-order valence-corrected chi connectivity index (χ3v) is 3.84. The molecular weight excluding hydrogens is 306 g/mol. The van der Waals surface area contributed by atoms with Crippen molar-refractivity contribution < 1.29 is 4.79 Å². The van der Waals surface area contributed by atoms with Crippen molar-refractivity contribution in [3.05, 3.63) is 29.6 Å². The minimum atomic E-state index is -0.185. The molecule has 0 fully saturated rings. The van der Waals surface area contributed by atoms with Crippen LogP contribution in [-0.4, -0.2) is 20.9 Å². The van der Waals surface area contributed by atoms with Crippen LogP contribution in [0.1, 0.15) is 25.2 Å². The Hall–Kier alpha value is -1.36. The lowest BCUT2D eigenvalue weighted by atomic mass is 9.84. The largest absolute Gasteiger partial charge is 0.346 e. The first kappa shape index (κ1) is 14.1. The van der Waals surface area contributed by atoms with E-state index < -0.39 is 0 Å². The van der Waals surface area contributed by atoms with Crippen LogP contribution in [-0.2, 0) is 12.5 Å². The number of carbonyl (C=O) groups excluding carboxylic acids is 1. The number of aryl methyl sites for hydroxylation is 2. The fourth-order valence-electron chi connectivity index (χ4n) is 2.13. The summed E-state index contributed by atoms with van der Waals surface area (Å²) in [6, 6.07) is 6.29. The predicted octanol–water partition coefficient (Wildman–Crippen LogP) is 3.26. The van der Waals surface area contributed by atoms with Crippen molar-refractivity contribution in [1.29, 1.82) is 0 Å². The van der Waals surface area contributed by atoms with Gasteiger partial charge in [0, 0.05) is 34.9 Å². The molecule has 19 heavy (non-hydrogen) atoms. The summed E-state index contributed by atoms with van der Waals surface area (Å²) in [6.45, 7) is 6.78. The van der Waals surface area contributed by atoms with Crippen molar-refractivity contribution in [2.24, 2.45) is 7.05 Å². The highest BCUT2D eigenvalue weighted by Crippen LogP contribution is 2.26. The van der Waals surface area contributed by atoms with Crippen LogP contribution < -0.4 is 5.32 Å². The molecule has 0 bridgehead atoms. The van der Waals surface area contributed by atoms with E-state index in [4.69, 9.17) is 0 Å². The number of benzene rings is 1. The molecule has 5 heteroatoms. The van der Waals surface area contributed by atoms with E-state index in [9.17, 15) is 4.79 Å². The van der Waals surface area contributed by atoms with Crippen molar-refractivity contribution in [2.45, 2.75) is 26.2 Å². The van der Waals surface area contributed by atoms with Gasteiger partial charge in [-0.3, -0.25) is 4.79 Å². The molecule has 0 aliphatic heterocycles. The molecule has 1 aromatic carbocycles. The molecule has 4 nitrogen and oxygen atoms in total. The molecule has 1 aromatic heterocycles. The Kier molecular flexibility index (Phi) is 3.67. The molecule has 0 unspecified atom stereocenters. The van der Waals surface area contributed by atoms with Crippen LogP contribution in [0.5, 0.6) is 0 Å². The summed E-state index contributed by atoms with van der Waals surface area (Å²) < 4.78 is 2.08. The van der Waals surface area contributed by atoms with E-state index in [1.165, 1.54) is 5.56 Å². The van der Waals surface area contributed by atoms with E-state index >= 15 is 0 Å². The maximum absolute atomic E-state index is 11.0. The molecule has 0 atom stereocenters. The maximum atomic E-state index is 11.0. The second-order valence-corrected chi connectivity index (χ2v) is 6.15. The van der Waals surface area contributed by atoms with Gasteiger partial charge in [0.15, 0.2) is 0 Å². The van der Waals surface area contributed by atoms with Gasteiger partial charge in [-0.1, -0.05) is 19.9 Å². The van der Waals surface area contributed by atoms with Gasteiger partial charge < -0.3 is 9.88 Å². The summed E-state index contributed by atoms with van der Waals surface area (Å²) in [5.74, 6) is 0.999. The van der Waals surface area contributed by atoms with Crippen LogP contribution in [0.15, 0.2) is 18.2 Å². The molecule has 0 saturated heterocycles. The van der Waals surface area contributed by atoms with E-state index in [2.05, 4.69) is 62.8 Å². The van der Waals surface area contributed by atoms with E-state index in [1.54, 1.807) is 0 Å². The second kappa shape index (κ2) is 4.96. The first-order valence-electron chi connectivity index (χ1n) is 6.18. The van der Waals surface area contributed by atoms with Gasteiger partial charge in [-0.25, -0.2) is 4.98 Å². The number of amides is 1. The lowest BCUT2D eigenvalue weighted by Crippen LogP contribution is -2.34. The molecule has 0 aliphatic carbocycles. The average Bonchev–Trinajstić information content (AvgIpc) is 2.62. The molecule has 0 aliphatic rings. The van der Waals surface area contributed by atoms with Gasteiger partial charge >= 0.3 is 0 Å². The summed E-state index contributed by atoms with van der Waals surface area (Å²) >= 11 is 2.89. The molecule has 0 radical (unpaired) electrons. The van der Waals surface area contributed by atoms with Gasteiger partial charge in [0.25, 0.3) is 4.82 Å². The predicted molar refractivity (Wildman–Crippen MR) is 80.8 cm³/mol. The molecule has 1 heterocycles. The van der Waals surface area contributed by atoms with Gasteiger partial charge in [-0.05, 0) is 24.6 Å². The number of hydrogen-bond donors (Lipinski definition) is 1. The van der Waals surface area contributed by atoms with E-state index in [0.29, 0.717) is 6.54 Å². The van der Waals surface area contributed by atoms with Crippen LogP contribution in [0, 0.1) is 6.92 Å². The summed E-state index contributed by atoms with van der Waals surface area (Å²) in [6.07, 6.45) is 0. The fraction of sp³-hybridized carbons (Fsp3) is 0.429. The zero-order valence-electron chi connectivity index (χ0n) is 11.6. The lowest BCUT2D eigenvalue weighted by molar-refractivity contribution is 0.259. The van der Waals surface area contributed by atoms with Crippen molar-refractivity contribution >= 4 is 31.8 Å². The van der Waals surface area contributed by atoms with Gasteiger partial charge in [-0.2, -0.15) is 0 Å². The zero-order chi connectivity index (χ0) is 14.2. The van der Waals surface area contributed by atoms with Crippen molar-refractivity contribution in [2.75, 3.05) is 6.54 Å². The van der Waals surface area contributed by atoms with Gasteiger partial charge in [0.1, 0.15) is 5.82 Å². The van der Waals surface area contributed by atoms with Gasteiger partial charge in [0.2, 0.25) is 0 Å². The lowest BCUT2D eigenvalue weighted by Gasteiger charge is -2.25. The molecular formula is C14H18BrN3O. The van der Waals surface area contributed by atoms with Crippen LogP contribution in [0.3, 0.4) is 0 Å². The number of fused-ring (bicyclic) bond motifs is 1. The molecule has 0 saturated carbocycles. The molecule has 2 aromatic rings. The number of nitrogens with zero attached hydrogens (tertiary/aromatic N) is 2. The minimum Gasteiger partial charge on any atom is -0.346 e. The molecule has 1 N–H and O–H groups in total. The number of imidazole rings is 1. The summed E-state index contributed by atoms with van der Waals surface area (Å²) in [5.41, 5.74) is 3.15. The Morgan fingerprint density at radius 1 is 1.47 bits per heavy atom. The maximum Gasteiger partial charge on any atom is 0.287 e. The monoisotopic (exact) mass is 323 g/mol. The number of rotatable bonds is 3. The van der Waals surface area contributed by atoms with Crippen molar-refractivity contribution in [1.82, 2.24) is 14.9 Å². The highest BCUT2D eigenvalue weighted by Gasteiger charge is 2.22. The van der Waals surface area contributed by atoms with Crippen molar-refractivity contribution in [3.8, 4) is 0 Å². The SMILES string of the molecule is Cc1nc2cc(C(C)(C)CNC(=O)Br)ccc2n1C. The minimum absolute atomic E-state index is 0.136. The first-order valence-corrected chi connectivity index (χ1v) is 6.97. The first-order chi connectivity index (χ1) is 8.81. The number of carbonyl (C=O) groups is 1. The summed E-state index contributed by atoms with van der Waals surface area (Å²) in [4.78, 5) is 15.3. The highest BCUT2D eigenvalue weighted by atomic mass is 79.9. The Bertz CT molecular complexity index is 631. The third-order valence-electron chi connectivity index (χ3n) is 3.56. The summed E-state index contributed by atoms with van der Waals surface area (Å²) in [7, 11) is 2.01. The Morgan fingerprint density at radius 3 is 2.79 bits per heavy atom. The topological polar surface area (TPSA) is 46.9 Å². The van der Waals surface area contributed by atoms with Crippen LogP contribution >= 0.6 is 15.9 Å². The molecule has 1 amide bonds. The normalized spacial score (nSPS) is 11.8. The molecule has 2 rings (SSSR count). The third kappa shape index (κ3) is 2.81. The average molecular weight is 324 g/mol. The zero-order valence-corrected chi connectivity index (χ0v) is 13.2. The number of nitrogens with one attached hydrogen (secondary N) is 1. The van der Waals surface area contributed by atoms with Crippen LogP contribution in [0.25, 0.3) is 11.0 Å². The van der Waals surface area contributed by atoms with Crippen LogP contribution in [0.4, 0.5) is 4.79 Å². The highest BCUT2D eigenvalue weighted by molar-refractivity contribution is 9.18. The molecule has 102 valence electrons. The summed E-state index contributed by atoms with van der Waals surface area (Å²) in [5, 5.41) is 2.80.